The van der Waals surface area contributed by atoms with Crippen LogP contribution in [-0.2, 0) is 11.0 Å². The lowest BCUT2D eigenvalue weighted by atomic mass is 10.1. The molecule has 0 radical (unpaired) electrons. The molecule has 0 aliphatic rings. The monoisotopic (exact) mass is 333 g/mol. The fraction of sp³-hybridized carbons (Fsp3) is 0.182. The molecular formula is C11H6F3N3O6. The van der Waals surface area contributed by atoms with Crippen LogP contribution in [0.4, 0.5) is 18.9 Å². The van der Waals surface area contributed by atoms with E-state index in [1.54, 1.807) is 0 Å². The van der Waals surface area contributed by atoms with Gasteiger partial charge < -0.3 is 9.82 Å². The van der Waals surface area contributed by atoms with Crippen molar-refractivity contribution >= 4 is 22.6 Å². The quantitative estimate of drug-likeness (QED) is 0.633. The van der Waals surface area contributed by atoms with E-state index in [2.05, 4.69) is 4.84 Å². The minimum atomic E-state index is -5.07. The SMILES string of the molecule is CC(=O)On1c(=O)[nH]c2cc(C(F)(F)F)c([N+](=O)[O-])cc2c1=O. The summed E-state index contributed by atoms with van der Waals surface area (Å²) >= 11 is 0. The lowest BCUT2D eigenvalue weighted by Crippen LogP contribution is -2.41. The van der Waals surface area contributed by atoms with Crippen LogP contribution in [0.5, 0.6) is 0 Å². The first-order chi connectivity index (χ1) is 10.5. The van der Waals surface area contributed by atoms with E-state index in [1.165, 1.54) is 0 Å². The second-order valence-electron chi connectivity index (χ2n) is 4.28. The molecule has 23 heavy (non-hydrogen) atoms. The molecule has 0 aliphatic carbocycles. The predicted octanol–water partition coefficient (Wildman–Crippen LogP) is 0.592. The molecule has 1 N–H and O–H groups in total. The second kappa shape index (κ2) is 5.23. The Hall–Kier alpha value is -3.18. The lowest BCUT2D eigenvalue weighted by Gasteiger charge is -2.09. The number of nitrogens with zero attached hydrogens (tertiary/aromatic N) is 2. The summed E-state index contributed by atoms with van der Waals surface area (Å²) in [7, 11) is 0. The summed E-state index contributed by atoms with van der Waals surface area (Å²) in [6, 6.07) is 0.630. The number of alkyl halides is 3. The zero-order valence-corrected chi connectivity index (χ0v) is 11.1. The van der Waals surface area contributed by atoms with E-state index in [0.717, 1.165) is 6.92 Å². The third-order valence-electron chi connectivity index (χ3n) is 2.70. The van der Waals surface area contributed by atoms with Crippen molar-refractivity contribution in [2.24, 2.45) is 0 Å². The highest BCUT2D eigenvalue weighted by Crippen LogP contribution is 2.37. The molecule has 0 spiro atoms. The van der Waals surface area contributed by atoms with Crippen molar-refractivity contribution in [3.05, 3.63) is 48.6 Å². The molecule has 0 saturated heterocycles. The number of hydrogen-bond donors (Lipinski definition) is 1. The summed E-state index contributed by atoms with van der Waals surface area (Å²) in [6.45, 7) is 0.880. The summed E-state index contributed by atoms with van der Waals surface area (Å²) < 4.78 is 38.5. The van der Waals surface area contributed by atoms with Crippen LogP contribution in [0.3, 0.4) is 0 Å². The number of benzene rings is 1. The Kier molecular flexibility index (Phi) is 3.68. The Labute approximate surface area is 123 Å². The van der Waals surface area contributed by atoms with Crippen LogP contribution in [0.15, 0.2) is 21.7 Å². The van der Waals surface area contributed by atoms with Crippen LogP contribution in [0.2, 0.25) is 0 Å². The molecule has 0 bridgehead atoms. The minimum Gasteiger partial charge on any atom is -0.329 e. The number of fused-ring (bicyclic) bond motifs is 1. The molecule has 2 rings (SSSR count). The van der Waals surface area contributed by atoms with Crippen molar-refractivity contribution in [3.8, 4) is 0 Å². The van der Waals surface area contributed by atoms with Crippen LogP contribution in [0.1, 0.15) is 12.5 Å². The van der Waals surface area contributed by atoms with Crippen LogP contribution < -0.4 is 16.1 Å². The van der Waals surface area contributed by atoms with Crippen molar-refractivity contribution in [2.45, 2.75) is 13.1 Å². The first kappa shape index (κ1) is 16.2. The maximum Gasteiger partial charge on any atom is 0.423 e. The number of nitro groups is 1. The van der Waals surface area contributed by atoms with Crippen molar-refractivity contribution in [3.63, 3.8) is 0 Å². The number of halogens is 3. The van der Waals surface area contributed by atoms with Gasteiger partial charge in [-0.1, -0.05) is 4.73 Å². The van der Waals surface area contributed by atoms with Gasteiger partial charge in [0.25, 0.3) is 11.2 Å². The number of H-pyrrole nitrogens is 1. The molecule has 0 fully saturated rings. The van der Waals surface area contributed by atoms with E-state index in [-0.39, 0.29) is 10.8 Å². The van der Waals surface area contributed by atoms with Crippen molar-refractivity contribution < 1.29 is 27.7 Å². The average Bonchev–Trinajstić information content (AvgIpc) is 2.40. The first-order valence-corrected chi connectivity index (χ1v) is 5.76. The smallest absolute Gasteiger partial charge is 0.329 e. The normalized spacial score (nSPS) is 11.5. The maximum atomic E-state index is 12.8. The first-order valence-electron chi connectivity index (χ1n) is 5.76. The van der Waals surface area contributed by atoms with Gasteiger partial charge in [0.1, 0.15) is 5.56 Å². The lowest BCUT2D eigenvalue weighted by molar-refractivity contribution is -0.387. The van der Waals surface area contributed by atoms with Gasteiger partial charge in [-0.05, 0) is 6.07 Å². The Morgan fingerprint density at radius 1 is 1.35 bits per heavy atom. The third-order valence-corrected chi connectivity index (χ3v) is 2.70. The second-order valence-corrected chi connectivity index (χ2v) is 4.28. The molecule has 1 heterocycles. The fourth-order valence-corrected chi connectivity index (χ4v) is 1.83. The Bertz CT molecular complexity index is 943. The van der Waals surface area contributed by atoms with Crippen LogP contribution in [-0.4, -0.2) is 20.6 Å². The van der Waals surface area contributed by atoms with Gasteiger partial charge in [0.05, 0.1) is 15.8 Å². The number of aromatic amines is 1. The molecular weight excluding hydrogens is 327 g/mol. The summed E-state index contributed by atoms with van der Waals surface area (Å²) in [5.74, 6) is -1.04. The molecule has 0 atom stereocenters. The summed E-state index contributed by atoms with van der Waals surface area (Å²) in [5.41, 5.74) is -6.20. The third kappa shape index (κ3) is 2.90. The number of carbonyl (C=O) groups excluding carboxylic acids is 1. The highest BCUT2D eigenvalue weighted by Gasteiger charge is 2.39. The van der Waals surface area contributed by atoms with Gasteiger partial charge in [-0.25, -0.2) is 9.59 Å². The maximum absolute atomic E-state index is 12.8. The van der Waals surface area contributed by atoms with Gasteiger partial charge in [-0.2, -0.15) is 13.2 Å². The molecule has 0 amide bonds. The van der Waals surface area contributed by atoms with Crippen molar-refractivity contribution in [1.29, 1.82) is 0 Å². The minimum absolute atomic E-state index is 0.0400. The number of aromatic nitrogens is 2. The van der Waals surface area contributed by atoms with Gasteiger partial charge in [0.2, 0.25) is 0 Å². The molecule has 0 aliphatic heterocycles. The standard InChI is InChI=1S/C11H6F3N3O6/c1-4(18)23-16-9(19)5-2-8(17(21)22)6(11(12,13)14)3-7(5)15-10(16)20/h2-3H,1H3,(H,15,20). The van der Waals surface area contributed by atoms with E-state index in [9.17, 15) is 37.7 Å². The topological polar surface area (TPSA) is 124 Å². The van der Waals surface area contributed by atoms with Gasteiger partial charge >= 0.3 is 17.8 Å². The van der Waals surface area contributed by atoms with E-state index in [1.807, 2.05) is 4.98 Å². The number of carbonyl (C=O) groups is 1. The summed E-state index contributed by atoms with van der Waals surface area (Å²) in [5, 5.41) is 10.2. The van der Waals surface area contributed by atoms with Gasteiger partial charge in [0, 0.05) is 13.0 Å². The number of rotatable bonds is 2. The van der Waals surface area contributed by atoms with E-state index < -0.39 is 50.5 Å². The van der Waals surface area contributed by atoms with Crippen LogP contribution in [0, 0.1) is 10.1 Å². The number of nitro benzene ring substituents is 1. The van der Waals surface area contributed by atoms with E-state index in [4.69, 9.17) is 0 Å². The van der Waals surface area contributed by atoms with Crippen molar-refractivity contribution in [1.82, 2.24) is 9.71 Å². The summed E-state index contributed by atoms with van der Waals surface area (Å²) in [6.07, 6.45) is -5.07. The predicted molar refractivity (Wildman–Crippen MR) is 67.7 cm³/mol. The van der Waals surface area contributed by atoms with E-state index in [0.29, 0.717) is 6.07 Å². The summed E-state index contributed by atoms with van der Waals surface area (Å²) in [4.78, 5) is 50.1. The zero-order chi connectivity index (χ0) is 17.5. The number of nitrogens with one attached hydrogen (secondary N) is 1. The average molecular weight is 333 g/mol. The molecule has 2 aromatic rings. The molecule has 9 nitrogen and oxygen atoms in total. The Morgan fingerprint density at radius 2 is 1.96 bits per heavy atom. The van der Waals surface area contributed by atoms with Gasteiger partial charge in [-0.15, -0.1) is 0 Å². The Balaban J connectivity index is 2.92. The van der Waals surface area contributed by atoms with Gasteiger partial charge in [0.15, 0.2) is 0 Å². The molecule has 12 heteroatoms. The fourth-order valence-electron chi connectivity index (χ4n) is 1.83. The number of hydrogen-bond acceptors (Lipinski definition) is 6. The van der Waals surface area contributed by atoms with Crippen LogP contribution in [0.25, 0.3) is 10.9 Å². The largest absolute Gasteiger partial charge is 0.423 e. The molecule has 0 unspecified atom stereocenters. The van der Waals surface area contributed by atoms with Crippen LogP contribution >= 0.6 is 0 Å². The van der Waals surface area contributed by atoms with Gasteiger partial charge in [-0.3, -0.25) is 14.9 Å². The zero-order valence-electron chi connectivity index (χ0n) is 11.1. The van der Waals surface area contributed by atoms with Crippen molar-refractivity contribution in [2.75, 3.05) is 0 Å². The molecule has 122 valence electrons. The Morgan fingerprint density at radius 3 is 2.43 bits per heavy atom. The highest BCUT2D eigenvalue weighted by atomic mass is 19.4. The molecule has 0 saturated carbocycles. The molecule has 1 aromatic carbocycles. The van der Waals surface area contributed by atoms with E-state index >= 15 is 0 Å². The molecule has 1 aromatic heterocycles. The highest BCUT2D eigenvalue weighted by molar-refractivity contribution is 5.82.